The summed E-state index contributed by atoms with van der Waals surface area (Å²) in [6.45, 7) is 1.55. The molecule has 0 fully saturated rings. The van der Waals surface area contributed by atoms with Gasteiger partial charge in [-0.3, -0.25) is 0 Å². The number of sulfonamides is 1. The van der Waals surface area contributed by atoms with Crippen molar-refractivity contribution in [2.75, 3.05) is 0 Å². The lowest BCUT2D eigenvalue weighted by atomic mass is 10.2. The minimum absolute atomic E-state index is 0.164. The van der Waals surface area contributed by atoms with Gasteiger partial charge in [-0.15, -0.1) is 0 Å². The van der Waals surface area contributed by atoms with Crippen LogP contribution in [-0.2, 0) is 10.0 Å². The molecule has 0 unspecified atom stereocenters. The normalized spacial score (nSPS) is 11.6. The number of rotatable bonds is 1. The van der Waals surface area contributed by atoms with Gasteiger partial charge in [0.15, 0.2) is 0 Å². The largest absolute Gasteiger partial charge is 0.238 e. The van der Waals surface area contributed by atoms with Crippen LogP contribution < -0.4 is 5.14 Å². The van der Waals surface area contributed by atoms with Crippen molar-refractivity contribution in [1.82, 2.24) is 0 Å². The molecule has 3 nitrogen and oxygen atoms in total. The molecule has 0 aromatic heterocycles. The average Bonchev–Trinajstić information content (AvgIpc) is 1.92. The number of hydrogen-bond donors (Lipinski definition) is 1. The van der Waals surface area contributed by atoms with E-state index in [4.69, 9.17) is 5.14 Å². The molecule has 0 amide bonds. The number of halogens is 1. The number of primary sulfonamides is 1. The van der Waals surface area contributed by atoms with E-state index >= 15 is 0 Å². The molecular weight excluding hydrogens is 181 g/mol. The highest BCUT2D eigenvalue weighted by Gasteiger charge is 2.11. The minimum atomic E-state index is -3.80. The Morgan fingerprint density at radius 3 is 2.42 bits per heavy atom. The Labute approximate surface area is 70.1 Å². The average molecular weight is 189 g/mol. The monoisotopic (exact) mass is 189 g/mol. The molecule has 0 aliphatic heterocycles. The maximum Gasteiger partial charge on any atom is 0.238 e. The van der Waals surface area contributed by atoms with Crippen molar-refractivity contribution in [3.63, 3.8) is 0 Å². The Balaban J connectivity index is 3.43. The fraction of sp³-hybridized carbons (Fsp3) is 0.143. The van der Waals surface area contributed by atoms with Gasteiger partial charge in [-0.2, -0.15) is 0 Å². The van der Waals surface area contributed by atoms with Gasteiger partial charge in [0.25, 0.3) is 0 Å². The molecule has 1 rings (SSSR count). The van der Waals surface area contributed by atoms with Crippen LogP contribution in [0.3, 0.4) is 0 Å². The quantitative estimate of drug-likeness (QED) is 0.709. The van der Waals surface area contributed by atoms with Crippen LogP contribution in [0.2, 0.25) is 0 Å². The molecule has 0 aliphatic carbocycles. The standard InChI is InChI=1S/C7H8FNO2S/c1-5-2-3-6(8)4-7(5)12(9,10)11/h2-4H,1H3,(H2,9,10,11). The van der Waals surface area contributed by atoms with E-state index in [1.807, 2.05) is 0 Å². The van der Waals surface area contributed by atoms with Gasteiger partial charge in [-0.25, -0.2) is 17.9 Å². The Kier molecular flexibility index (Phi) is 2.16. The first-order valence-electron chi connectivity index (χ1n) is 3.20. The molecule has 1 aromatic carbocycles. The van der Waals surface area contributed by atoms with E-state index in [0.717, 1.165) is 6.07 Å². The van der Waals surface area contributed by atoms with Crippen LogP contribution in [0.1, 0.15) is 5.56 Å². The summed E-state index contributed by atoms with van der Waals surface area (Å²) in [5, 5.41) is 4.83. The fourth-order valence-corrected chi connectivity index (χ4v) is 1.67. The topological polar surface area (TPSA) is 60.2 Å². The van der Waals surface area contributed by atoms with E-state index in [0.29, 0.717) is 5.56 Å². The first kappa shape index (κ1) is 9.15. The van der Waals surface area contributed by atoms with Gasteiger partial charge in [0.1, 0.15) is 5.82 Å². The first-order chi connectivity index (χ1) is 5.41. The zero-order valence-corrected chi connectivity index (χ0v) is 7.23. The summed E-state index contributed by atoms with van der Waals surface area (Å²) in [6, 6.07) is 3.46. The van der Waals surface area contributed by atoms with Crippen molar-refractivity contribution in [3.05, 3.63) is 29.6 Å². The lowest BCUT2D eigenvalue weighted by Gasteiger charge is -2.01. The Hall–Kier alpha value is -0.940. The third kappa shape index (κ3) is 1.80. The third-order valence-electron chi connectivity index (χ3n) is 1.46. The maximum atomic E-state index is 12.6. The summed E-state index contributed by atoms with van der Waals surface area (Å²) in [5.41, 5.74) is 0.443. The molecule has 0 spiro atoms. The summed E-state index contributed by atoms with van der Waals surface area (Å²) < 4.78 is 34.2. The molecule has 1 aromatic rings. The second kappa shape index (κ2) is 2.84. The highest BCUT2D eigenvalue weighted by Crippen LogP contribution is 2.13. The van der Waals surface area contributed by atoms with Crippen molar-refractivity contribution < 1.29 is 12.8 Å². The number of hydrogen-bond acceptors (Lipinski definition) is 2. The molecule has 0 heterocycles. The molecule has 2 N–H and O–H groups in total. The lowest BCUT2D eigenvalue weighted by molar-refractivity contribution is 0.591. The zero-order valence-electron chi connectivity index (χ0n) is 6.41. The van der Waals surface area contributed by atoms with E-state index in [9.17, 15) is 12.8 Å². The van der Waals surface area contributed by atoms with Gasteiger partial charge in [0.05, 0.1) is 4.90 Å². The van der Waals surface area contributed by atoms with Crippen LogP contribution in [0.4, 0.5) is 4.39 Å². The summed E-state index contributed by atoms with van der Waals surface area (Å²) in [5.74, 6) is -0.607. The number of aryl methyl sites for hydroxylation is 1. The van der Waals surface area contributed by atoms with E-state index in [1.54, 1.807) is 6.92 Å². The molecule has 0 atom stereocenters. The fourth-order valence-electron chi connectivity index (χ4n) is 0.880. The third-order valence-corrected chi connectivity index (χ3v) is 2.51. The second-order valence-electron chi connectivity index (χ2n) is 2.45. The smallest absolute Gasteiger partial charge is 0.225 e. The molecule has 66 valence electrons. The summed E-state index contributed by atoms with van der Waals surface area (Å²) in [7, 11) is -3.80. The van der Waals surface area contributed by atoms with Gasteiger partial charge in [-0.1, -0.05) is 6.07 Å². The van der Waals surface area contributed by atoms with Crippen molar-refractivity contribution in [1.29, 1.82) is 0 Å². The highest BCUT2D eigenvalue weighted by atomic mass is 32.2. The molecular formula is C7H8FNO2S. The van der Waals surface area contributed by atoms with Gasteiger partial charge in [0.2, 0.25) is 10.0 Å². The summed E-state index contributed by atoms with van der Waals surface area (Å²) in [4.78, 5) is -0.164. The molecule has 12 heavy (non-hydrogen) atoms. The van der Waals surface area contributed by atoms with Crippen LogP contribution >= 0.6 is 0 Å². The molecule has 0 saturated carbocycles. The van der Waals surface area contributed by atoms with Crippen LogP contribution in [0.15, 0.2) is 23.1 Å². The van der Waals surface area contributed by atoms with Crippen LogP contribution in [0, 0.1) is 12.7 Å². The van der Waals surface area contributed by atoms with Crippen molar-refractivity contribution in [3.8, 4) is 0 Å². The predicted octanol–water partition coefficient (Wildman–Crippen LogP) is 0.782. The van der Waals surface area contributed by atoms with E-state index in [1.165, 1.54) is 12.1 Å². The van der Waals surface area contributed by atoms with Crippen LogP contribution in [0.25, 0.3) is 0 Å². The minimum Gasteiger partial charge on any atom is -0.225 e. The van der Waals surface area contributed by atoms with Gasteiger partial charge in [-0.05, 0) is 24.6 Å². The molecule has 5 heteroatoms. The lowest BCUT2D eigenvalue weighted by Crippen LogP contribution is -2.13. The Bertz CT molecular complexity index is 400. The van der Waals surface area contributed by atoms with E-state index in [2.05, 4.69) is 0 Å². The van der Waals surface area contributed by atoms with Crippen LogP contribution in [-0.4, -0.2) is 8.42 Å². The predicted molar refractivity (Wildman–Crippen MR) is 42.5 cm³/mol. The summed E-state index contributed by atoms with van der Waals surface area (Å²) >= 11 is 0. The van der Waals surface area contributed by atoms with Crippen LogP contribution in [0.5, 0.6) is 0 Å². The first-order valence-corrected chi connectivity index (χ1v) is 4.75. The maximum absolute atomic E-state index is 12.6. The van der Waals surface area contributed by atoms with Crippen molar-refractivity contribution >= 4 is 10.0 Å². The molecule has 0 saturated heterocycles. The Morgan fingerprint density at radius 2 is 2.00 bits per heavy atom. The van der Waals surface area contributed by atoms with E-state index in [-0.39, 0.29) is 4.90 Å². The van der Waals surface area contributed by atoms with Crippen molar-refractivity contribution in [2.45, 2.75) is 11.8 Å². The van der Waals surface area contributed by atoms with Gasteiger partial charge < -0.3 is 0 Å². The molecule has 0 bridgehead atoms. The highest BCUT2D eigenvalue weighted by molar-refractivity contribution is 7.89. The van der Waals surface area contributed by atoms with Gasteiger partial charge >= 0.3 is 0 Å². The SMILES string of the molecule is Cc1ccc(F)cc1S(N)(=O)=O. The van der Waals surface area contributed by atoms with E-state index < -0.39 is 15.8 Å². The van der Waals surface area contributed by atoms with Crippen molar-refractivity contribution in [2.24, 2.45) is 5.14 Å². The second-order valence-corrected chi connectivity index (χ2v) is 3.98. The number of benzene rings is 1. The van der Waals surface area contributed by atoms with Gasteiger partial charge in [0, 0.05) is 0 Å². The Morgan fingerprint density at radius 1 is 1.42 bits per heavy atom. The molecule has 0 aliphatic rings. The zero-order chi connectivity index (χ0) is 9.35. The molecule has 0 radical (unpaired) electrons. The number of nitrogens with two attached hydrogens (primary N) is 1. The summed E-state index contributed by atoms with van der Waals surface area (Å²) in [6.07, 6.45) is 0.